The van der Waals surface area contributed by atoms with Crippen molar-refractivity contribution in [2.45, 2.75) is 44.7 Å². The minimum atomic E-state index is -0.0838. The molecule has 1 saturated heterocycles. The van der Waals surface area contributed by atoms with E-state index < -0.39 is 0 Å². The van der Waals surface area contributed by atoms with Crippen LogP contribution in [-0.4, -0.2) is 32.1 Å². The van der Waals surface area contributed by atoms with E-state index in [0.29, 0.717) is 18.1 Å². The largest absolute Gasteiger partial charge is 0.346 e. The first-order valence-electron chi connectivity index (χ1n) is 10.9. The van der Waals surface area contributed by atoms with Crippen LogP contribution in [0.4, 0.5) is 0 Å². The van der Waals surface area contributed by atoms with Crippen molar-refractivity contribution in [1.82, 2.24) is 19.6 Å². The van der Waals surface area contributed by atoms with Gasteiger partial charge in [0.1, 0.15) is 12.1 Å². The number of rotatable bonds is 4. The fraction of sp³-hybridized carbons (Fsp3) is 0.417. The molecule has 1 aliphatic carbocycles. The van der Waals surface area contributed by atoms with Crippen LogP contribution in [0.2, 0.25) is 0 Å². The highest BCUT2D eigenvalue weighted by atomic mass is 16.7. The Morgan fingerprint density at radius 2 is 2.03 bits per heavy atom. The van der Waals surface area contributed by atoms with Gasteiger partial charge in [-0.3, -0.25) is 19.6 Å². The molecule has 7 nitrogen and oxygen atoms in total. The van der Waals surface area contributed by atoms with Gasteiger partial charge in [0.25, 0.3) is 0 Å². The van der Waals surface area contributed by atoms with Crippen molar-refractivity contribution >= 4 is 16.9 Å². The summed E-state index contributed by atoms with van der Waals surface area (Å²) in [6, 6.07) is 11.8. The maximum atomic E-state index is 13.2. The zero-order valence-electron chi connectivity index (χ0n) is 17.4. The number of nitriles is 1. The standard InChI is InChI=1S/C24H25N5O2/c25-14-18-13-23-21(27-15-18)8-11-28(23)16-17-4-6-19(7-5-17)24(30)29-22(9-12-31-29)20-3-1-2-10-26-20/h1-3,8,10-11,13,15,17,19,22H,4-7,9,12,16H2/t17?,19?,22-/m0/s1. The highest BCUT2D eigenvalue weighted by Gasteiger charge is 2.37. The minimum Gasteiger partial charge on any atom is -0.346 e. The van der Waals surface area contributed by atoms with Gasteiger partial charge in [0, 0.05) is 37.5 Å². The normalized spacial score (nSPS) is 23.7. The summed E-state index contributed by atoms with van der Waals surface area (Å²) in [5, 5.41) is 10.7. The Morgan fingerprint density at radius 3 is 2.81 bits per heavy atom. The third-order valence-electron chi connectivity index (χ3n) is 6.55. The number of hydrogen-bond acceptors (Lipinski definition) is 5. The van der Waals surface area contributed by atoms with Crippen LogP contribution in [-0.2, 0) is 16.2 Å². The van der Waals surface area contributed by atoms with E-state index in [1.54, 1.807) is 17.5 Å². The minimum absolute atomic E-state index is 0.00817. The molecule has 4 heterocycles. The van der Waals surface area contributed by atoms with Crippen molar-refractivity contribution in [2.75, 3.05) is 6.61 Å². The molecule has 1 amide bonds. The molecule has 1 atom stereocenters. The molecule has 0 radical (unpaired) electrons. The summed E-state index contributed by atoms with van der Waals surface area (Å²) in [4.78, 5) is 27.7. The molecule has 31 heavy (non-hydrogen) atoms. The summed E-state index contributed by atoms with van der Waals surface area (Å²) < 4.78 is 2.19. The number of carbonyl (C=O) groups is 1. The SMILES string of the molecule is N#Cc1cnc2ccn(CC3CCC(C(=O)N4OCC[C@H]4c4ccccn4)CC3)c2c1. The predicted molar refractivity (Wildman–Crippen MR) is 114 cm³/mol. The van der Waals surface area contributed by atoms with Crippen molar-refractivity contribution in [3.05, 3.63) is 60.2 Å². The van der Waals surface area contributed by atoms with Crippen LogP contribution in [0.1, 0.15) is 49.4 Å². The number of amides is 1. The van der Waals surface area contributed by atoms with Gasteiger partial charge < -0.3 is 4.57 Å². The zero-order valence-corrected chi connectivity index (χ0v) is 17.4. The monoisotopic (exact) mass is 415 g/mol. The zero-order chi connectivity index (χ0) is 21.2. The number of nitrogens with zero attached hydrogens (tertiary/aromatic N) is 5. The van der Waals surface area contributed by atoms with E-state index in [4.69, 9.17) is 10.1 Å². The summed E-state index contributed by atoms with van der Waals surface area (Å²) >= 11 is 0. The quantitative estimate of drug-likeness (QED) is 0.643. The van der Waals surface area contributed by atoms with Crippen LogP contribution in [0.25, 0.3) is 11.0 Å². The van der Waals surface area contributed by atoms with Crippen LogP contribution in [0.15, 0.2) is 48.9 Å². The molecule has 1 saturated carbocycles. The Morgan fingerprint density at radius 1 is 1.16 bits per heavy atom. The number of pyridine rings is 2. The molecule has 1 aliphatic heterocycles. The molecule has 0 unspecified atom stereocenters. The van der Waals surface area contributed by atoms with E-state index in [0.717, 1.165) is 55.4 Å². The third-order valence-corrected chi connectivity index (χ3v) is 6.55. The second kappa shape index (κ2) is 8.48. The van der Waals surface area contributed by atoms with Crippen LogP contribution in [0.5, 0.6) is 0 Å². The lowest BCUT2D eigenvalue weighted by Crippen LogP contribution is -2.37. The molecule has 5 rings (SSSR count). The Hall–Kier alpha value is -3.24. The lowest BCUT2D eigenvalue weighted by molar-refractivity contribution is -0.183. The Kier molecular flexibility index (Phi) is 5.39. The van der Waals surface area contributed by atoms with Gasteiger partial charge in [0.05, 0.1) is 28.9 Å². The molecule has 158 valence electrons. The van der Waals surface area contributed by atoms with Crippen LogP contribution in [0, 0.1) is 23.2 Å². The first kappa shape index (κ1) is 19.7. The maximum absolute atomic E-state index is 13.2. The Balaban J connectivity index is 1.22. The molecule has 0 N–H and O–H groups in total. The topological polar surface area (TPSA) is 84.0 Å². The average molecular weight is 415 g/mol. The highest BCUT2D eigenvalue weighted by Crippen LogP contribution is 2.36. The second-order valence-corrected chi connectivity index (χ2v) is 8.48. The van der Waals surface area contributed by atoms with Crippen molar-refractivity contribution < 1.29 is 9.63 Å². The fourth-order valence-corrected chi connectivity index (χ4v) is 4.86. The number of hydroxylamine groups is 2. The van der Waals surface area contributed by atoms with Gasteiger partial charge in [-0.25, -0.2) is 5.06 Å². The van der Waals surface area contributed by atoms with Crippen LogP contribution >= 0.6 is 0 Å². The molecule has 3 aromatic heterocycles. The van der Waals surface area contributed by atoms with Crippen molar-refractivity contribution in [3.63, 3.8) is 0 Å². The van der Waals surface area contributed by atoms with Gasteiger partial charge in [0.15, 0.2) is 0 Å². The van der Waals surface area contributed by atoms with Gasteiger partial charge >= 0.3 is 0 Å². The van der Waals surface area contributed by atoms with Crippen molar-refractivity contribution in [2.24, 2.45) is 11.8 Å². The van der Waals surface area contributed by atoms with Crippen molar-refractivity contribution in [3.8, 4) is 6.07 Å². The first-order valence-corrected chi connectivity index (χ1v) is 10.9. The molecular formula is C24H25N5O2. The van der Waals surface area contributed by atoms with E-state index in [1.165, 1.54) is 0 Å². The summed E-state index contributed by atoms with van der Waals surface area (Å²) in [6.07, 6.45) is 9.97. The summed E-state index contributed by atoms with van der Waals surface area (Å²) in [5.74, 6) is 0.617. The second-order valence-electron chi connectivity index (χ2n) is 8.48. The van der Waals surface area contributed by atoms with Gasteiger partial charge in [-0.15, -0.1) is 0 Å². The van der Waals surface area contributed by atoms with E-state index in [1.807, 2.05) is 36.5 Å². The van der Waals surface area contributed by atoms with Crippen LogP contribution < -0.4 is 0 Å². The number of aromatic nitrogens is 3. The lowest BCUT2D eigenvalue weighted by atomic mass is 9.81. The third kappa shape index (κ3) is 3.91. The highest BCUT2D eigenvalue weighted by molar-refractivity contribution is 5.78. The number of fused-ring (bicyclic) bond motifs is 1. The van der Waals surface area contributed by atoms with Gasteiger partial charge in [-0.1, -0.05) is 6.07 Å². The first-order chi connectivity index (χ1) is 15.2. The van der Waals surface area contributed by atoms with Crippen LogP contribution in [0.3, 0.4) is 0 Å². The number of hydrogen-bond donors (Lipinski definition) is 0. The molecule has 0 aromatic carbocycles. The lowest BCUT2D eigenvalue weighted by Gasteiger charge is -2.32. The molecule has 7 heteroatoms. The molecule has 0 bridgehead atoms. The van der Waals surface area contributed by atoms with E-state index in [-0.39, 0.29) is 17.9 Å². The van der Waals surface area contributed by atoms with E-state index in [2.05, 4.69) is 20.6 Å². The van der Waals surface area contributed by atoms with Gasteiger partial charge in [-0.2, -0.15) is 5.26 Å². The summed E-state index contributed by atoms with van der Waals surface area (Å²) in [7, 11) is 0. The Bertz CT molecular complexity index is 1110. The van der Waals surface area contributed by atoms with Gasteiger partial charge in [0.2, 0.25) is 5.91 Å². The maximum Gasteiger partial charge on any atom is 0.249 e. The Labute approximate surface area is 181 Å². The molecular weight excluding hydrogens is 390 g/mol. The molecule has 2 aliphatic rings. The van der Waals surface area contributed by atoms with E-state index in [9.17, 15) is 4.79 Å². The number of carbonyl (C=O) groups excluding carboxylic acids is 1. The fourth-order valence-electron chi connectivity index (χ4n) is 4.86. The molecule has 2 fully saturated rings. The van der Waals surface area contributed by atoms with Gasteiger partial charge in [-0.05, 0) is 55.9 Å². The smallest absolute Gasteiger partial charge is 0.249 e. The molecule has 3 aromatic rings. The van der Waals surface area contributed by atoms with Crippen molar-refractivity contribution in [1.29, 1.82) is 5.26 Å². The predicted octanol–water partition coefficient (Wildman–Crippen LogP) is 4.01. The summed E-state index contributed by atoms with van der Waals surface area (Å²) in [5.41, 5.74) is 3.39. The van der Waals surface area contributed by atoms with E-state index >= 15 is 0 Å². The summed E-state index contributed by atoms with van der Waals surface area (Å²) in [6.45, 7) is 1.44. The molecule has 0 spiro atoms. The average Bonchev–Trinajstić information content (AvgIpc) is 3.47.